The Bertz CT molecular complexity index is 578. The summed E-state index contributed by atoms with van der Waals surface area (Å²) in [6.07, 6.45) is -0.569. The molecule has 1 saturated heterocycles. The number of likely N-dealkylation sites (N-methyl/N-ethyl adjacent to an activating group) is 1. The highest BCUT2D eigenvalue weighted by Gasteiger charge is 2.37. The minimum Gasteiger partial charge on any atom is -0.467 e. The molecule has 0 bridgehead atoms. The van der Waals surface area contributed by atoms with Crippen molar-refractivity contribution in [1.82, 2.24) is 10.2 Å². The van der Waals surface area contributed by atoms with E-state index in [1.54, 1.807) is 0 Å². The van der Waals surface area contributed by atoms with E-state index in [0.717, 1.165) is 5.56 Å². The van der Waals surface area contributed by atoms with Gasteiger partial charge in [0.15, 0.2) is 6.04 Å². The lowest BCUT2D eigenvalue weighted by atomic mass is 10.1. The molecule has 2 rings (SSSR count). The summed E-state index contributed by atoms with van der Waals surface area (Å²) in [6.45, 7) is 2.56. The lowest BCUT2D eigenvalue weighted by Crippen LogP contribution is -2.53. The number of ether oxygens (including phenoxy) is 2. The Kier molecular flexibility index (Phi) is 6.92. The molecule has 1 aliphatic heterocycles. The van der Waals surface area contributed by atoms with E-state index < -0.39 is 24.2 Å². The number of methoxy groups -OCH3 is 1. The Labute approximate surface area is 147 Å². The molecule has 1 amide bonds. The van der Waals surface area contributed by atoms with E-state index in [0.29, 0.717) is 19.6 Å². The van der Waals surface area contributed by atoms with Crippen LogP contribution in [-0.4, -0.2) is 66.9 Å². The Morgan fingerprint density at radius 1 is 1.36 bits per heavy atom. The zero-order chi connectivity index (χ0) is 18.4. The number of rotatable bonds is 7. The number of benzene rings is 1. The second-order valence-electron chi connectivity index (χ2n) is 6.36. The van der Waals surface area contributed by atoms with Crippen molar-refractivity contribution in [2.45, 2.75) is 44.2 Å². The van der Waals surface area contributed by atoms with E-state index in [9.17, 15) is 14.7 Å². The number of hydrogen-bond acceptors (Lipinski definition) is 6. The number of carbonyl (C=O) groups is 2. The van der Waals surface area contributed by atoms with Crippen molar-refractivity contribution in [3.05, 3.63) is 35.9 Å². The van der Waals surface area contributed by atoms with Crippen molar-refractivity contribution in [3.63, 3.8) is 0 Å². The molecule has 0 unspecified atom stereocenters. The molecule has 1 aliphatic rings. The molecule has 7 nitrogen and oxygen atoms in total. The molecule has 0 saturated carbocycles. The van der Waals surface area contributed by atoms with Crippen LogP contribution in [0.4, 0.5) is 0 Å². The molecule has 138 valence electrons. The average Bonchev–Trinajstić information content (AvgIpc) is 2.98. The first kappa shape index (κ1) is 19.4. The van der Waals surface area contributed by atoms with Gasteiger partial charge >= 0.3 is 5.97 Å². The number of likely N-dealkylation sites (tertiary alicyclic amines) is 1. The third-order valence-corrected chi connectivity index (χ3v) is 4.38. The highest BCUT2D eigenvalue weighted by atomic mass is 16.5. The Hall–Kier alpha value is -1.96. The molecule has 1 aromatic carbocycles. The summed E-state index contributed by atoms with van der Waals surface area (Å²) in [7, 11) is 3.06. The van der Waals surface area contributed by atoms with Crippen LogP contribution >= 0.6 is 0 Å². The predicted molar refractivity (Wildman–Crippen MR) is 91.7 cm³/mol. The third kappa shape index (κ3) is 5.26. The van der Waals surface area contributed by atoms with Crippen molar-refractivity contribution in [1.29, 1.82) is 0 Å². The predicted octanol–water partition coefficient (Wildman–Crippen LogP) is 0.315. The highest BCUT2D eigenvalue weighted by molar-refractivity contribution is 5.88. The van der Waals surface area contributed by atoms with Crippen molar-refractivity contribution >= 4 is 11.9 Å². The van der Waals surface area contributed by atoms with Crippen LogP contribution in [0.1, 0.15) is 18.9 Å². The van der Waals surface area contributed by atoms with E-state index in [1.807, 2.05) is 42.3 Å². The summed E-state index contributed by atoms with van der Waals surface area (Å²) in [5.41, 5.74) is 1.08. The fourth-order valence-corrected chi connectivity index (χ4v) is 2.92. The molecule has 0 radical (unpaired) electrons. The van der Waals surface area contributed by atoms with E-state index >= 15 is 0 Å². The van der Waals surface area contributed by atoms with Crippen molar-refractivity contribution in [2.75, 3.05) is 20.7 Å². The SMILES string of the molecule is COC(=O)[C@@H](NC(=O)[C@@H]1C[C@@H](OCc2ccccc2)CN1C)[C@H](C)O. The fraction of sp³-hybridized carbons (Fsp3) is 0.556. The number of hydrogen-bond donors (Lipinski definition) is 2. The van der Waals surface area contributed by atoms with Crippen LogP contribution in [0.25, 0.3) is 0 Å². The summed E-state index contributed by atoms with van der Waals surface area (Å²) in [5, 5.41) is 12.3. The molecular formula is C18H26N2O5. The smallest absolute Gasteiger partial charge is 0.331 e. The molecule has 1 heterocycles. The van der Waals surface area contributed by atoms with Gasteiger partial charge in [0.05, 0.1) is 32.0 Å². The number of nitrogens with one attached hydrogen (secondary N) is 1. The topological polar surface area (TPSA) is 88.1 Å². The maximum atomic E-state index is 12.5. The number of esters is 1. The maximum absolute atomic E-state index is 12.5. The van der Waals surface area contributed by atoms with Gasteiger partial charge in [0.25, 0.3) is 0 Å². The molecule has 7 heteroatoms. The molecule has 4 atom stereocenters. The van der Waals surface area contributed by atoms with E-state index in [1.165, 1.54) is 14.0 Å². The Morgan fingerprint density at radius 3 is 2.64 bits per heavy atom. The number of aliphatic hydroxyl groups excluding tert-OH is 1. The van der Waals surface area contributed by atoms with Crippen LogP contribution in [0.15, 0.2) is 30.3 Å². The molecule has 1 aromatic rings. The van der Waals surface area contributed by atoms with Crippen molar-refractivity contribution in [3.8, 4) is 0 Å². The van der Waals surface area contributed by atoms with Crippen LogP contribution in [0.2, 0.25) is 0 Å². The van der Waals surface area contributed by atoms with Gasteiger partial charge in [0.1, 0.15) is 0 Å². The Morgan fingerprint density at radius 2 is 2.04 bits per heavy atom. The van der Waals surface area contributed by atoms with E-state index in [2.05, 4.69) is 10.1 Å². The first-order valence-corrected chi connectivity index (χ1v) is 8.34. The van der Waals surface area contributed by atoms with Gasteiger partial charge in [0.2, 0.25) is 5.91 Å². The lowest BCUT2D eigenvalue weighted by Gasteiger charge is -2.23. The second kappa shape index (κ2) is 8.94. The number of aliphatic hydroxyl groups is 1. The molecule has 0 aliphatic carbocycles. The van der Waals surface area contributed by atoms with Gasteiger partial charge in [-0.25, -0.2) is 4.79 Å². The van der Waals surface area contributed by atoms with Crippen molar-refractivity contribution in [2.24, 2.45) is 0 Å². The molecular weight excluding hydrogens is 324 g/mol. The number of carbonyl (C=O) groups excluding carboxylic acids is 2. The normalized spacial score (nSPS) is 23.0. The van der Waals surface area contributed by atoms with Gasteiger partial charge < -0.3 is 19.9 Å². The zero-order valence-corrected chi connectivity index (χ0v) is 14.8. The van der Waals surface area contributed by atoms with E-state index in [-0.39, 0.29) is 12.0 Å². The molecule has 0 aromatic heterocycles. The van der Waals surface area contributed by atoms with Gasteiger partial charge in [-0.15, -0.1) is 0 Å². The summed E-state index contributed by atoms with van der Waals surface area (Å²) >= 11 is 0. The molecule has 25 heavy (non-hydrogen) atoms. The molecule has 1 fully saturated rings. The van der Waals surface area contributed by atoms with Crippen LogP contribution in [-0.2, 0) is 25.7 Å². The van der Waals surface area contributed by atoms with Crippen LogP contribution in [0.3, 0.4) is 0 Å². The van der Waals surface area contributed by atoms with Crippen LogP contribution < -0.4 is 5.32 Å². The lowest BCUT2D eigenvalue weighted by molar-refractivity contribution is -0.148. The first-order chi connectivity index (χ1) is 11.9. The van der Waals surface area contributed by atoms with Crippen molar-refractivity contribution < 1.29 is 24.2 Å². The maximum Gasteiger partial charge on any atom is 0.331 e. The quantitative estimate of drug-likeness (QED) is 0.689. The first-order valence-electron chi connectivity index (χ1n) is 8.34. The molecule has 2 N–H and O–H groups in total. The third-order valence-electron chi connectivity index (χ3n) is 4.38. The Balaban J connectivity index is 1.89. The minimum atomic E-state index is -1.07. The van der Waals surface area contributed by atoms with Crippen LogP contribution in [0.5, 0.6) is 0 Å². The summed E-state index contributed by atoms with van der Waals surface area (Å²) in [5.74, 6) is -0.981. The second-order valence-corrected chi connectivity index (χ2v) is 6.36. The van der Waals surface area contributed by atoms with Crippen LogP contribution in [0, 0.1) is 0 Å². The van der Waals surface area contributed by atoms with Gasteiger partial charge in [-0.2, -0.15) is 0 Å². The van der Waals surface area contributed by atoms with Gasteiger partial charge in [-0.05, 0) is 26.0 Å². The highest BCUT2D eigenvalue weighted by Crippen LogP contribution is 2.20. The number of amides is 1. The van der Waals surface area contributed by atoms with Gasteiger partial charge in [-0.1, -0.05) is 30.3 Å². The summed E-state index contributed by atoms with van der Waals surface area (Å²) in [4.78, 5) is 26.0. The number of nitrogens with zero attached hydrogens (tertiary/aromatic N) is 1. The molecule has 0 spiro atoms. The van der Waals surface area contributed by atoms with Gasteiger partial charge in [0, 0.05) is 6.54 Å². The minimum absolute atomic E-state index is 0.0657. The monoisotopic (exact) mass is 350 g/mol. The largest absolute Gasteiger partial charge is 0.467 e. The summed E-state index contributed by atoms with van der Waals surface area (Å²) < 4.78 is 10.5. The fourth-order valence-electron chi connectivity index (χ4n) is 2.92. The standard InChI is InChI=1S/C18H26N2O5/c1-12(21)16(18(23)24-3)19-17(22)15-9-14(10-20(15)2)25-11-13-7-5-4-6-8-13/h4-8,12,14-16,21H,9-11H2,1-3H3,(H,19,22)/t12-,14+,15-,16-/m0/s1. The van der Waals surface area contributed by atoms with E-state index in [4.69, 9.17) is 4.74 Å². The zero-order valence-electron chi connectivity index (χ0n) is 14.8. The van der Waals surface area contributed by atoms with Gasteiger partial charge in [-0.3, -0.25) is 9.69 Å². The summed E-state index contributed by atoms with van der Waals surface area (Å²) in [6, 6.07) is 8.37. The average molecular weight is 350 g/mol.